The maximum Gasteiger partial charge on any atom is 0.138 e. The first-order valence-corrected chi connectivity index (χ1v) is 4.09. The van der Waals surface area contributed by atoms with E-state index in [-0.39, 0.29) is 5.75 Å². The molecule has 1 N–H and O–H groups in total. The first kappa shape index (κ1) is 8.39. The van der Waals surface area contributed by atoms with E-state index in [2.05, 4.69) is 0 Å². The lowest BCUT2D eigenvalue weighted by molar-refractivity contribution is 0.473. The van der Waals surface area contributed by atoms with Crippen LogP contribution in [0.25, 0.3) is 11.3 Å². The third kappa shape index (κ3) is 1.23. The lowest BCUT2D eigenvalue weighted by Crippen LogP contribution is -1.82. The number of phenolic OH excluding ortho intramolecular Hbond substituents is 1. The molecule has 3 nitrogen and oxygen atoms in total. The number of furan rings is 1. The van der Waals surface area contributed by atoms with Gasteiger partial charge in [0.2, 0.25) is 0 Å². The third-order valence-electron chi connectivity index (χ3n) is 1.93. The second-order valence-corrected chi connectivity index (χ2v) is 2.79. The van der Waals surface area contributed by atoms with Crippen molar-refractivity contribution in [1.29, 1.82) is 5.26 Å². The number of hydrogen-bond donors (Lipinski definition) is 1. The smallest absolute Gasteiger partial charge is 0.138 e. The number of aromatic hydroxyl groups is 1. The van der Waals surface area contributed by atoms with Crippen molar-refractivity contribution in [3.63, 3.8) is 0 Å². The van der Waals surface area contributed by atoms with Crippen LogP contribution < -0.4 is 0 Å². The molecule has 1 aromatic heterocycles. The van der Waals surface area contributed by atoms with Gasteiger partial charge in [0, 0.05) is 0 Å². The summed E-state index contributed by atoms with van der Waals surface area (Å²) >= 11 is 0. The fourth-order valence-electron chi connectivity index (χ4n) is 1.31. The molecule has 0 aliphatic carbocycles. The van der Waals surface area contributed by atoms with Crippen LogP contribution in [-0.4, -0.2) is 5.11 Å². The summed E-state index contributed by atoms with van der Waals surface area (Å²) in [7, 11) is 0. The fourth-order valence-corrected chi connectivity index (χ4v) is 1.31. The van der Waals surface area contributed by atoms with E-state index in [0.29, 0.717) is 16.9 Å². The highest BCUT2D eigenvalue weighted by Crippen LogP contribution is 2.32. The molecular weight excluding hydrogens is 178 g/mol. The summed E-state index contributed by atoms with van der Waals surface area (Å²) in [5, 5.41) is 18.4. The molecule has 2 rings (SSSR count). The van der Waals surface area contributed by atoms with Crippen LogP contribution in [0.3, 0.4) is 0 Å². The number of hydrogen-bond acceptors (Lipinski definition) is 3. The maximum atomic E-state index is 9.58. The van der Waals surface area contributed by atoms with Crippen LogP contribution in [0.2, 0.25) is 0 Å². The van der Waals surface area contributed by atoms with Gasteiger partial charge in [-0.1, -0.05) is 6.07 Å². The van der Waals surface area contributed by atoms with E-state index in [1.807, 2.05) is 6.07 Å². The summed E-state index contributed by atoms with van der Waals surface area (Å²) in [6, 6.07) is 10.2. The Morgan fingerprint density at radius 3 is 2.71 bits per heavy atom. The van der Waals surface area contributed by atoms with Crippen LogP contribution in [0.15, 0.2) is 41.0 Å². The van der Waals surface area contributed by atoms with Crippen LogP contribution in [0.1, 0.15) is 5.56 Å². The topological polar surface area (TPSA) is 57.2 Å². The summed E-state index contributed by atoms with van der Waals surface area (Å²) < 4.78 is 5.13. The number of phenols is 1. The van der Waals surface area contributed by atoms with Crippen LogP contribution in [-0.2, 0) is 0 Å². The van der Waals surface area contributed by atoms with Gasteiger partial charge in [0.25, 0.3) is 0 Å². The van der Waals surface area contributed by atoms with E-state index in [1.165, 1.54) is 12.3 Å². The molecule has 0 amide bonds. The van der Waals surface area contributed by atoms with Crippen molar-refractivity contribution >= 4 is 0 Å². The van der Waals surface area contributed by atoms with Gasteiger partial charge in [0.05, 0.1) is 17.4 Å². The van der Waals surface area contributed by atoms with E-state index in [0.717, 1.165) is 0 Å². The molecule has 68 valence electrons. The Bertz CT molecular complexity index is 480. The van der Waals surface area contributed by atoms with E-state index in [1.54, 1.807) is 24.3 Å². The van der Waals surface area contributed by atoms with E-state index in [4.69, 9.17) is 9.68 Å². The summed E-state index contributed by atoms with van der Waals surface area (Å²) in [5.41, 5.74) is 0.847. The molecule has 0 radical (unpaired) electrons. The van der Waals surface area contributed by atoms with Gasteiger partial charge in [0.15, 0.2) is 0 Å². The molecule has 0 spiro atoms. The molecule has 14 heavy (non-hydrogen) atoms. The lowest BCUT2D eigenvalue weighted by atomic mass is 10.1. The third-order valence-corrected chi connectivity index (χ3v) is 1.93. The minimum Gasteiger partial charge on any atom is -0.507 e. The zero-order valence-corrected chi connectivity index (χ0v) is 7.27. The lowest BCUT2D eigenvalue weighted by Gasteiger charge is -2.02. The average molecular weight is 185 g/mol. The highest BCUT2D eigenvalue weighted by molar-refractivity contribution is 5.72. The molecule has 0 atom stereocenters. The second-order valence-electron chi connectivity index (χ2n) is 2.79. The summed E-state index contributed by atoms with van der Waals surface area (Å²) in [6.45, 7) is 0. The Labute approximate surface area is 80.8 Å². The van der Waals surface area contributed by atoms with Gasteiger partial charge >= 0.3 is 0 Å². The van der Waals surface area contributed by atoms with Gasteiger partial charge in [-0.3, -0.25) is 0 Å². The maximum absolute atomic E-state index is 9.58. The summed E-state index contributed by atoms with van der Waals surface area (Å²) in [5.74, 6) is 0.554. The SMILES string of the molecule is N#Cc1cccc(O)c1-c1ccco1. The van der Waals surface area contributed by atoms with Gasteiger partial charge in [-0.2, -0.15) is 5.26 Å². The molecule has 2 aromatic rings. The molecule has 1 aromatic carbocycles. The zero-order chi connectivity index (χ0) is 9.97. The number of nitrogens with zero attached hydrogens (tertiary/aromatic N) is 1. The van der Waals surface area contributed by atoms with Crippen molar-refractivity contribution in [1.82, 2.24) is 0 Å². The first-order chi connectivity index (χ1) is 6.83. The molecule has 0 bridgehead atoms. The molecule has 0 saturated heterocycles. The minimum atomic E-state index is 0.0546. The normalized spacial score (nSPS) is 9.64. The predicted octanol–water partition coefficient (Wildman–Crippen LogP) is 2.52. The fraction of sp³-hybridized carbons (Fsp3) is 0. The second kappa shape index (κ2) is 3.27. The number of nitriles is 1. The Kier molecular flexibility index (Phi) is 1.96. The van der Waals surface area contributed by atoms with Crippen LogP contribution in [0, 0.1) is 11.3 Å². The van der Waals surface area contributed by atoms with Gasteiger partial charge in [-0.25, -0.2) is 0 Å². The molecule has 0 unspecified atom stereocenters. The van der Waals surface area contributed by atoms with E-state index < -0.39 is 0 Å². The standard InChI is InChI=1S/C11H7NO2/c12-7-8-3-1-4-9(13)11(8)10-5-2-6-14-10/h1-6,13H. The average Bonchev–Trinajstić information content (AvgIpc) is 2.70. The van der Waals surface area contributed by atoms with Crippen molar-refractivity contribution in [2.45, 2.75) is 0 Å². The monoisotopic (exact) mass is 185 g/mol. The zero-order valence-electron chi connectivity index (χ0n) is 7.27. The van der Waals surface area contributed by atoms with Gasteiger partial charge in [-0.05, 0) is 24.3 Å². The van der Waals surface area contributed by atoms with Gasteiger partial charge in [-0.15, -0.1) is 0 Å². The van der Waals surface area contributed by atoms with Crippen molar-refractivity contribution < 1.29 is 9.52 Å². The molecule has 0 aliphatic heterocycles. The van der Waals surface area contributed by atoms with Crippen molar-refractivity contribution in [3.05, 3.63) is 42.2 Å². The van der Waals surface area contributed by atoms with E-state index >= 15 is 0 Å². The highest BCUT2D eigenvalue weighted by Gasteiger charge is 2.11. The van der Waals surface area contributed by atoms with Crippen molar-refractivity contribution in [3.8, 4) is 23.1 Å². The van der Waals surface area contributed by atoms with E-state index in [9.17, 15) is 5.11 Å². The van der Waals surface area contributed by atoms with Crippen molar-refractivity contribution in [2.75, 3.05) is 0 Å². The first-order valence-electron chi connectivity index (χ1n) is 4.09. The Hall–Kier alpha value is -2.21. The molecule has 0 fully saturated rings. The Morgan fingerprint density at radius 2 is 2.07 bits per heavy atom. The Morgan fingerprint density at radius 1 is 1.21 bits per heavy atom. The predicted molar refractivity (Wildman–Crippen MR) is 50.5 cm³/mol. The number of benzene rings is 1. The molecule has 0 aliphatic rings. The Balaban J connectivity index is 2.69. The largest absolute Gasteiger partial charge is 0.507 e. The number of rotatable bonds is 1. The van der Waals surface area contributed by atoms with Gasteiger partial charge < -0.3 is 9.52 Å². The minimum absolute atomic E-state index is 0.0546. The highest BCUT2D eigenvalue weighted by atomic mass is 16.3. The van der Waals surface area contributed by atoms with Crippen LogP contribution >= 0.6 is 0 Å². The quantitative estimate of drug-likeness (QED) is 0.742. The summed E-state index contributed by atoms with van der Waals surface area (Å²) in [4.78, 5) is 0. The molecule has 0 saturated carbocycles. The van der Waals surface area contributed by atoms with Gasteiger partial charge in [0.1, 0.15) is 17.6 Å². The van der Waals surface area contributed by atoms with Crippen LogP contribution in [0.4, 0.5) is 0 Å². The molecule has 1 heterocycles. The molecular formula is C11H7NO2. The van der Waals surface area contributed by atoms with Crippen LogP contribution in [0.5, 0.6) is 5.75 Å². The van der Waals surface area contributed by atoms with Crippen molar-refractivity contribution in [2.24, 2.45) is 0 Å². The molecule has 3 heteroatoms. The summed E-state index contributed by atoms with van der Waals surface area (Å²) in [6.07, 6.45) is 1.50.